The topological polar surface area (TPSA) is 18.5 Å². The zero-order valence-corrected chi connectivity index (χ0v) is 14.4. The second-order valence-corrected chi connectivity index (χ2v) is 5.83. The Bertz CT molecular complexity index is 556. The number of aryl methyl sites for hydroxylation is 1. The van der Waals surface area contributed by atoms with Crippen molar-refractivity contribution in [3.8, 4) is 11.5 Å². The average Bonchev–Trinajstić information content (AvgIpc) is 2.45. The van der Waals surface area contributed by atoms with E-state index in [1.165, 1.54) is 0 Å². The Morgan fingerprint density at radius 2 is 1.70 bits per heavy atom. The van der Waals surface area contributed by atoms with Gasteiger partial charge in [-0.1, -0.05) is 50.1 Å². The maximum absolute atomic E-state index is 5.86. The van der Waals surface area contributed by atoms with Gasteiger partial charge in [-0.25, -0.2) is 0 Å². The van der Waals surface area contributed by atoms with Gasteiger partial charge in [0, 0.05) is 15.4 Å². The van der Waals surface area contributed by atoms with E-state index in [4.69, 9.17) is 9.47 Å². The average molecular weight is 400 g/mol. The Balaban J connectivity index is 1.91. The lowest BCUT2D eigenvalue weighted by atomic mass is 10.1. The fraction of sp³-hybridized carbons (Fsp3) is 0.250. The molecule has 20 heavy (non-hydrogen) atoms. The van der Waals surface area contributed by atoms with Crippen molar-refractivity contribution in [1.82, 2.24) is 0 Å². The fourth-order valence-corrected chi connectivity index (χ4v) is 2.96. The highest BCUT2D eigenvalue weighted by molar-refractivity contribution is 9.10. The molecule has 0 amide bonds. The minimum absolute atomic E-state index is 0.525. The first-order chi connectivity index (χ1) is 9.70. The van der Waals surface area contributed by atoms with Crippen LogP contribution in [0.1, 0.15) is 11.1 Å². The molecule has 0 fully saturated rings. The summed E-state index contributed by atoms with van der Waals surface area (Å²) in [7, 11) is 0. The van der Waals surface area contributed by atoms with Crippen LogP contribution in [-0.2, 0) is 5.33 Å². The number of alkyl halides is 1. The molecule has 0 aliphatic rings. The van der Waals surface area contributed by atoms with Crippen LogP contribution in [0.15, 0.2) is 46.9 Å². The molecular formula is C16H16Br2O2. The number of benzene rings is 2. The van der Waals surface area contributed by atoms with Crippen molar-refractivity contribution in [2.75, 3.05) is 13.2 Å². The lowest BCUT2D eigenvalue weighted by Gasteiger charge is -2.14. The largest absolute Gasteiger partial charge is 0.490 e. The van der Waals surface area contributed by atoms with E-state index in [2.05, 4.69) is 44.0 Å². The summed E-state index contributed by atoms with van der Waals surface area (Å²) in [6, 6.07) is 13.9. The van der Waals surface area contributed by atoms with Crippen LogP contribution in [-0.4, -0.2) is 13.2 Å². The summed E-state index contributed by atoms with van der Waals surface area (Å²) in [4.78, 5) is 0. The highest BCUT2D eigenvalue weighted by atomic mass is 79.9. The van der Waals surface area contributed by atoms with E-state index in [9.17, 15) is 0 Å². The molecule has 4 heteroatoms. The highest BCUT2D eigenvalue weighted by Gasteiger charge is 2.08. The van der Waals surface area contributed by atoms with Gasteiger partial charge in [-0.05, 0) is 36.8 Å². The number of hydrogen-bond acceptors (Lipinski definition) is 2. The Hall–Kier alpha value is -1.00. The maximum Gasteiger partial charge on any atom is 0.126 e. The van der Waals surface area contributed by atoms with Crippen LogP contribution < -0.4 is 9.47 Å². The smallest absolute Gasteiger partial charge is 0.126 e. The maximum atomic E-state index is 5.86. The molecule has 0 spiro atoms. The third-order valence-electron chi connectivity index (χ3n) is 2.80. The van der Waals surface area contributed by atoms with Gasteiger partial charge in [-0.3, -0.25) is 0 Å². The monoisotopic (exact) mass is 398 g/mol. The first-order valence-electron chi connectivity index (χ1n) is 6.36. The molecule has 0 aliphatic heterocycles. The summed E-state index contributed by atoms with van der Waals surface area (Å²) >= 11 is 6.99. The van der Waals surface area contributed by atoms with Crippen molar-refractivity contribution in [2.45, 2.75) is 12.3 Å². The molecule has 0 saturated heterocycles. The lowest BCUT2D eigenvalue weighted by Crippen LogP contribution is -2.10. The van der Waals surface area contributed by atoms with Gasteiger partial charge in [0.2, 0.25) is 0 Å². The second-order valence-electron chi connectivity index (χ2n) is 4.35. The van der Waals surface area contributed by atoms with E-state index in [1.54, 1.807) is 0 Å². The lowest BCUT2D eigenvalue weighted by molar-refractivity contribution is 0.215. The van der Waals surface area contributed by atoms with Crippen LogP contribution in [0.3, 0.4) is 0 Å². The van der Waals surface area contributed by atoms with Crippen LogP contribution in [0.25, 0.3) is 0 Å². The first kappa shape index (κ1) is 15.4. The first-order valence-corrected chi connectivity index (χ1v) is 8.28. The standard InChI is InChI=1S/C16H16Br2O2/c1-12-9-14(18)10-13(11-17)16(12)20-8-7-19-15-5-3-2-4-6-15/h2-6,9-10H,7-8,11H2,1H3. The zero-order valence-electron chi connectivity index (χ0n) is 11.2. The van der Waals surface area contributed by atoms with Crippen LogP contribution in [0, 0.1) is 6.92 Å². The van der Waals surface area contributed by atoms with E-state index in [1.807, 2.05) is 37.3 Å². The minimum Gasteiger partial charge on any atom is -0.490 e. The van der Waals surface area contributed by atoms with Crippen molar-refractivity contribution in [2.24, 2.45) is 0 Å². The molecule has 0 aromatic heterocycles. The number of rotatable bonds is 6. The summed E-state index contributed by atoms with van der Waals surface area (Å²) in [5.74, 6) is 1.80. The van der Waals surface area contributed by atoms with E-state index in [0.717, 1.165) is 32.4 Å². The summed E-state index contributed by atoms with van der Waals surface area (Å²) in [6.07, 6.45) is 0. The fourth-order valence-electron chi connectivity index (χ4n) is 1.93. The summed E-state index contributed by atoms with van der Waals surface area (Å²) < 4.78 is 12.5. The van der Waals surface area contributed by atoms with Gasteiger partial charge in [0.15, 0.2) is 0 Å². The third-order valence-corrected chi connectivity index (χ3v) is 3.86. The Kier molecular flexibility index (Phi) is 5.92. The number of halogens is 2. The summed E-state index contributed by atoms with van der Waals surface area (Å²) in [6.45, 7) is 3.10. The van der Waals surface area contributed by atoms with E-state index in [0.29, 0.717) is 13.2 Å². The van der Waals surface area contributed by atoms with Crippen LogP contribution in [0.4, 0.5) is 0 Å². The zero-order chi connectivity index (χ0) is 14.4. The third kappa shape index (κ3) is 4.25. The summed E-state index contributed by atoms with van der Waals surface area (Å²) in [5, 5.41) is 0.766. The molecule has 0 atom stereocenters. The Morgan fingerprint density at radius 3 is 2.40 bits per heavy atom. The molecule has 2 rings (SSSR count). The van der Waals surface area contributed by atoms with Crippen molar-refractivity contribution in [3.05, 3.63) is 58.1 Å². The normalized spacial score (nSPS) is 10.3. The predicted octanol–water partition coefficient (Wildman–Crippen LogP) is 5.11. The molecule has 106 valence electrons. The van der Waals surface area contributed by atoms with Crippen LogP contribution >= 0.6 is 31.9 Å². The molecule has 0 bridgehead atoms. The van der Waals surface area contributed by atoms with E-state index in [-0.39, 0.29) is 0 Å². The molecule has 0 saturated carbocycles. The van der Waals surface area contributed by atoms with E-state index >= 15 is 0 Å². The molecule has 2 aromatic rings. The van der Waals surface area contributed by atoms with Crippen molar-refractivity contribution >= 4 is 31.9 Å². The number of ether oxygens (including phenoxy) is 2. The molecule has 0 aliphatic carbocycles. The predicted molar refractivity (Wildman–Crippen MR) is 88.9 cm³/mol. The van der Waals surface area contributed by atoms with Gasteiger partial charge in [0.05, 0.1) is 0 Å². The number of hydrogen-bond donors (Lipinski definition) is 0. The molecule has 0 heterocycles. The molecule has 0 radical (unpaired) electrons. The summed E-state index contributed by atoms with van der Waals surface area (Å²) in [5.41, 5.74) is 2.25. The number of para-hydroxylation sites is 1. The Morgan fingerprint density at radius 1 is 1.00 bits per heavy atom. The van der Waals surface area contributed by atoms with Gasteiger partial charge < -0.3 is 9.47 Å². The van der Waals surface area contributed by atoms with E-state index < -0.39 is 0 Å². The van der Waals surface area contributed by atoms with Gasteiger partial charge in [0.25, 0.3) is 0 Å². The molecule has 0 N–H and O–H groups in total. The van der Waals surface area contributed by atoms with Gasteiger partial charge >= 0.3 is 0 Å². The molecule has 2 aromatic carbocycles. The van der Waals surface area contributed by atoms with Crippen molar-refractivity contribution in [3.63, 3.8) is 0 Å². The minimum atomic E-state index is 0.525. The molecule has 0 unspecified atom stereocenters. The Labute approximate surface area is 136 Å². The quantitative estimate of drug-likeness (QED) is 0.496. The van der Waals surface area contributed by atoms with Crippen molar-refractivity contribution in [1.29, 1.82) is 0 Å². The van der Waals surface area contributed by atoms with Gasteiger partial charge in [-0.2, -0.15) is 0 Å². The second kappa shape index (κ2) is 7.70. The highest BCUT2D eigenvalue weighted by Crippen LogP contribution is 2.29. The molecular weight excluding hydrogens is 384 g/mol. The SMILES string of the molecule is Cc1cc(Br)cc(CBr)c1OCCOc1ccccc1. The van der Waals surface area contributed by atoms with Crippen LogP contribution in [0.5, 0.6) is 11.5 Å². The molecule has 2 nitrogen and oxygen atoms in total. The van der Waals surface area contributed by atoms with Crippen molar-refractivity contribution < 1.29 is 9.47 Å². The van der Waals surface area contributed by atoms with Gasteiger partial charge in [-0.15, -0.1) is 0 Å². The van der Waals surface area contributed by atoms with Crippen LogP contribution in [0.2, 0.25) is 0 Å². The van der Waals surface area contributed by atoms with Gasteiger partial charge in [0.1, 0.15) is 24.7 Å².